The van der Waals surface area contributed by atoms with Crippen molar-refractivity contribution < 1.29 is 4.79 Å². The normalized spacial score (nSPS) is 17.7. The first-order chi connectivity index (χ1) is 8.56. The summed E-state index contributed by atoms with van der Waals surface area (Å²) in [6.45, 7) is 0.435. The summed E-state index contributed by atoms with van der Waals surface area (Å²) in [5.74, 6) is -0.266. The van der Waals surface area contributed by atoms with E-state index in [1.807, 2.05) is 0 Å². The van der Waals surface area contributed by atoms with Crippen molar-refractivity contribution in [3.8, 4) is 0 Å². The van der Waals surface area contributed by atoms with Crippen molar-refractivity contribution in [3.05, 3.63) is 28.2 Å². The van der Waals surface area contributed by atoms with Gasteiger partial charge in [-0.15, -0.1) is 0 Å². The molecule has 0 saturated heterocycles. The van der Waals surface area contributed by atoms with Gasteiger partial charge in [-0.2, -0.15) is 5.10 Å². The van der Waals surface area contributed by atoms with Crippen LogP contribution in [0.4, 0.5) is 0 Å². The van der Waals surface area contributed by atoms with Crippen molar-refractivity contribution in [3.63, 3.8) is 0 Å². The second-order valence-electron chi connectivity index (χ2n) is 4.83. The van der Waals surface area contributed by atoms with Crippen molar-refractivity contribution in [2.45, 2.75) is 31.2 Å². The third-order valence-electron chi connectivity index (χ3n) is 3.52. The maximum Gasteiger partial charge on any atom is 0.272 e. The van der Waals surface area contributed by atoms with Gasteiger partial charge in [0.05, 0.1) is 5.54 Å². The number of hydrogen-bond donors (Lipinski definition) is 2. The van der Waals surface area contributed by atoms with Crippen LogP contribution in [0, 0.1) is 0 Å². The largest absolute Gasteiger partial charge is 0.344 e. The molecule has 0 atom stereocenters. The van der Waals surface area contributed by atoms with Crippen LogP contribution in [-0.4, -0.2) is 27.8 Å². The molecule has 1 fully saturated rings. The predicted octanol–water partition coefficient (Wildman–Crippen LogP) is -0.218. The molecule has 3 N–H and O–H groups in total. The van der Waals surface area contributed by atoms with Gasteiger partial charge in [-0.25, -0.2) is 4.68 Å². The third kappa shape index (κ3) is 2.43. The molecule has 0 aliphatic heterocycles. The molecule has 0 radical (unpaired) electrons. The van der Waals surface area contributed by atoms with E-state index in [0.29, 0.717) is 6.54 Å². The van der Waals surface area contributed by atoms with E-state index in [1.165, 1.54) is 19.2 Å². The Balaban J connectivity index is 2.16. The highest BCUT2D eigenvalue weighted by Gasteiger charge is 2.34. The topological polar surface area (TPSA) is 90.0 Å². The van der Waals surface area contributed by atoms with Gasteiger partial charge in [0.25, 0.3) is 11.5 Å². The minimum Gasteiger partial charge on any atom is -0.344 e. The van der Waals surface area contributed by atoms with Crippen LogP contribution in [0.25, 0.3) is 0 Å². The number of amides is 1. The first-order valence-corrected chi connectivity index (χ1v) is 6.13. The summed E-state index contributed by atoms with van der Waals surface area (Å²) < 4.78 is 1.15. The van der Waals surface area contributed by atoms with Crippen LogP contribution < -0.4 is 16.6 Å². The highest BCUT2D eigenvalue weighted by atomic mass is 16.2. The van der Waals surface area contributed by atoms with Gasteiger partial charge in [0.2, 0.25) is 0 Å². The molecule has 1 aromatic heterocycles. The van der Waals surface area contributed by atoms with Crippen LogP contribution in [0.2, 0.25) is 0 Å². The van der Waals surface area contributed by atoms with Gasteiger partial charge >= 0.3 is 0 Å². The van der Waals surface area contributed by atoms with Gasteiger partial charge in [0.15, 0.2) is 0 Å². The molecule has 0 unspecified atom stereocenters. The van der Waals surface area contributed by atoms with Crippen LogP contribution in [0.1, 0.15) is 36.2 Å². The molecule has 1 heterocycles. The number of carbonyl (C=O) groups excluding carboxylic acids is 1. The van der Waals surface area contributed by atoms with Crippen LogP contribution in [0.15, 0.2) is 16.9 Å². The van der Waals surface area contributed by atoms with E-state index in [2.05, 4.69) is 10.4 Å². The molecule has 6 nitrogen and oxygen atoms in total. The fourth-order valence-corrected chi connectivity index (χ4v) is 2.36. The van der Waals surface area contributed by atoms with Gasteiger partial charge in [0.1, 0.15) is 5.69 Å². The predicted molar refractivity (Wildman–Crippen MR) is 67.2 cm³/mol. The van der Waals surface area contributed by atoms with Crippen LogP contribution in [0.3, 0.4) is 0 Å². The van der Waals surface area contributed by atoms with Crippen LogP contribution in [0.5, 0.6) is 0 Å². The Bertz CT molecular complexity index is 503. The molecule has 0 spiro atoms. The van der Waals surface area contributed by atoms with Crippen molar-refractivity contribution in [1.29, 1.82) is 0 Å². The first kappa shape index (κ1) is 12.8. The summed E-state index contributed by atoms with van der Waals surface area (Å²) in [5, 5.41) is 6.89. The minimum absolute atomic E-state index is 0.235. The second kappa shape index (κ2) is 4.89. The summed E-state index contributed by atoms with van der Waals surface area (Å²) in [6.07, 6.45) is 3.97. The SMILES string of the molecule is Cn1nc(C(=O)NC2(CN)CCCC2)ccc1=O. The molecular formula is C12H18N4O2. The molecule has 1 aliphatic carbocycles. The molecule has 0 bridgehead atoms. The number of aryl methyl sites for hydroxylation is 1. The molecule has 18 heavy (non-hydrogen) atoms. The lowest BCUT2D eigenvalue weighted by Crippen LogP contribution is -2.52. The molecule has 1 aromatic rings. The average Bonchev–Trinajstić information content (AvgIpc) is 2.82. The molecular weight excluding hydrogens is 232 g/mol. The lowest BCUT2D eigenvalue weighted by atomic mass is 9.97. The van der Waals surface area contributed by atoms with E-state index in [0.717, 1.165) is 30.4 Å². The molecule has 1 amide bonds. The second-order valence-corrected chi connectivity index (χ2v) is 4.83. The van der Waals surface area contributed by atoms with E-state index in [1.54, 1.807) is 0 Å². The number of aromatic nitrogens is 2. The van der Waals surface area contributed by atoms with Crippen molar-refractivity contribution >= 4 is 5.91 Å². The minimum atomic E-state index is -0.298. The molecule has 2 rings (SSSR count). The Morgan fingerprint density at radius 1 is 1.50 bits per heavy atom. The highest BCUT2D eigenvalue weighted by Crippen LogP contribution is 2.28. The number of nitrogens with two attached hydrogens (primary N) is 1. The van der Waals surface area contributed by atoms with Gasteiger partial charge in [-0.1, -0.05) is 12.8 Å². The number of nitrogens with one attached hydrogen (secondary N) is 1. The zero-order valence-corrected chi connectivity index (χ0v) is 10.5. The van der Waals surface area contributed by atoms with Gasteiger partial charge in [0, 0.05) is 19.7 Å². The number of hydrogen-bond acceptors (Lipinski definition) is 4. The van der Waals surface area contributed by atoms with Gasteiger partial charge in [-0.05, 0) is 18.9 Å². The Morgan fingerprint density at radius 3 is 2.72 bits per heavy atom. The first-order valence-electron chi connectivity index (χ1n) is 6.13. The average molecular weight is 250 g/mol. The van der Waals surface area contributed by atoms with Crippen molar-refractivity contribution in [2.24, 2.45) is 12.8 Å². The number of carbonyl (C=O) groups is 1. The number of rotatable bonds is 3. The highest BCUT2D eigenvalue weighted by molar-refractivity contribution is 5.92. The van der Waals surface area contributed by atoms with E-state index in [-0.39, 0.29) is 22.7 Å². The van der Waals surface area contributed by atoms with Gasteiger partial charge < -0.3 is 11.1 Å². The van der Waals surface area contributed by atoms with E-state index < -0.39 is 0 Å². The Labute approximate surface area is 105 Å². The smallest absolute Gasteiger partial charge is 0.272 e. The molecule has 1 saturated carbocycles. The van der Waals surface area contributed by atoms with E-state index in [9.17, 15) is 9.59 Å². The third-order valence-corrected chi connectivity index (χ3v) is 3.52. The van der Waals surface area contributed by atoms with Crippen LogP contribution >= 0.6 is 0 Å². The lowest BCUT2D eigenvalue weighted by molar-refractivity contribution is 0.0895. The summed E-state index contributed by atoms with van der Waals surface area (Å²) >= 11 is 0. The maximum absolute atomic E-state index is 12.1. The Kier molecular flexibility index (Phi) is 3.47. The van der Waals surface area contributed by atoms with Crippen molar-refractivity contribution in [1.82, 2.24) is 15.1 Å². The summed E-state index contributed by atoms with van der Waals surface area (Å²) in [6, 6.07) is 2.78. The number of nitrogens with zero attached hydrogens (tertiary/aromatic N) is 2. The summed E-state index contributed by atoms with van der Waals surface area (Å²) in [5.41, 5.74) is 5.47. The summed E-state index contributed by atoms with van der Waals surface area (Å²) in [7, 11) is 1.52. The van der Waals surface area contributed by atoms with E-state index >= 15 is 0 Å². The standard InChI is InChI=1S/C12H18N4O2/c1-16-10(17)5-4-9(15-16)11(18)14-12(8-13)6-2-3-7-12/h4-5H,2-3,6-8,13H2,1H3,(H,14,18). The van der Waals surface area contributed by atoms with Crippen LogP contribution in [-0.2, 0) is 7.05 Å². The fraction of sp³-hybridized carbons (Fsp3) is 0.583. The molecule has 0 aromatic carbocycles. The van der Waals surface area contributed by atoms with Crippen molar-refractivity contribution in [2.75, 3.05) is 6.54 Å². The Morgan fingerprint density at radius 2 is 2.17 bits per heavy atom. The quantitative estimate of drug-likeness (QED) is 0.776. The summed E-state index contributed by atoms with van der Waals surface area (Å²) in [4.78, 5) is 23.3. The van der Waals surface area contributed by atoms with E-state index in [4.69, 9.17) is 5.73 Å². The molecule has 1 aliphatic rings. The fourth-order valence-electron chi connectivity index (χ4n) is 2.36. The monoisotopic (exact) mass is 250 g/mol. The maximum atomic E-state index is 12.1. The zero-order valence-electron chi connectivity index (χ0n) is 10.5. The Hall–Kier alpha value is -1.69. The van der Waals surface area contributed by atoms with Gasteiger partial charge in [-0.3, -0.25) is 9.59 Å². The lowest BCUT2D eigenvalue weighted by Gasteiger charge is -2.28. The zero-order chi connectivity index (χ0) is 13.2. The molecule has 98 valence electrons. The molecule has 6 heteroatoms.